The van der Waals surface area contributed by atoms with Gasteiger partial charge in [-0.3, -0.25) is 9.59 Å². The molecule has 1 aromatic carbocycles. The lowest BCUT2D eigenvalue weighted by atomic mass is 10.1. The number of carbonyl (C=O) groups excluding carboxylic acids is 2. The molecule has 106 valence electrons. The number of hydrogen-bond donors (Lipinski definition) is 2. The van der Waals surface area contributed by atoms with Gasteiger partial charge in [-0.05, 0) is 18.2 Å². The second-order valence-electron chi connectivity index (χ2n) is 4.03. The molecule has 1 aromatic rings. The Hall–Kier alpha value is -2.03. The Labute approximate surface area is 123 Å². The van der Waals surface area contributed by atoms with Crippen molar-refractivity contribution in [1.82, 2.24) is 10.2 Å². The van der Waals surface area contributed by atoms with Crippen LogP contribution >= 0.6 is 11.6 Å². The van der Waals surface area contributed by atoms with Gasteiger partial charge in [-0.25, -0.2) is 0 Å². The largest absolute Gasteiger partial charge is 0.358 e. The maximum atomic E-state index is 12.1. The first-order chi connectivity index (χ1) is 9.49. The molecule has 0 atom stereocenters. The molecule has 6 heteroatoms. The summed E-state index contributed by atoms with van der Waals surface area (Å²) in [5.41, 5.74) is 6.30. The Balaban J connectivity index is 2.89. The van der Waals surface area contributed by atoms with Gasteiger partial charge in [0.05, 0.1) is 18.1 Å². The van der Waals surface area contributed by atoms with Crippen LogP contribution in [0.1, 0.15) is 15.9 Å². The minimum Gasteiger partial charge on any atom is -0.358 e. The SMILES string of the molecule is CNC(=O)CN(C)C(=O)c1ccc(C#CCN)c(Cl)c1. The molecule has 0 spiro atoms. The Kier molecular flexibility index (Phi) is 6.04. The molecular weight excluding hydrogens is 278 g/mol. The monoisotopic (exact) mass is 293 g/mol. The minimum absolute atomic E-state index is 0.0122. The van der Waals surface area contributed by atoms with E-state index in [2.05, 4.69) is 17.2 Å². The van der Waals surface area contributed by atoms with Crippen LogP contribution in [-0.2, 0) is 4.79 Å². The minimum atomic E-state index is -0.283. The van der Waals surface area contributed by atoms with Crippen LogP contribution < -0.4 is 11.1 Å². The van der Waals surface area contributed by atoms with Gasteiger partial charge in [0.15, 0.2) is 0 Å². The van der Waals surface area contributed by atoms with Gasteiger partial charge in [0.2, 0.25) is 5.91 Å². The van der Waals surface area contributed by atoms with E-state index < -0.39 is 0 Å². The second-order valence-corrected chi connectivity index (χ2v) is 4.44. The zero-order chi connectivity index (χ0) is 15.1. The first-order valence-electron chi connectivity index (χ1n) is 5.94. The molecule has 5 nitrogen and oxygen atoms in total. The molecule has 0 aromatic heterocycles. The highest BCUT2D eigenvalue weighted by Gasteiger charge is 2.15. The summed E-state index contributed by atoms with van der Waals surface area (Å²) in [6.45, 7) is 0.230. The molecule has 0 saturated carbocycles. The maximum Gasteiger partial charge on any atom is 0.254 e. The highest BCUT2D eigenvalue weighted by Crippen LogP contribution is 2.18. The normalized spacial score (nSPS) is 9.40. The number of benzene rings is 1. The number of nitrogens with zero attached hydrogens (tertiary/aromatic N) is 1. The zero-order valence-corrected chi connectivity index (χ0v) is 12.1. The van der Waals surface area contributed by atoms with E-state index in [9.17, 15) is 9.59 Å². The Morgan fingerprint density at radius 3 is 2.70 bits per heavy atom. The first-order valence-corrected chi connectivity index (χ1v) is 6.32. The molecule has 20 heavy (non-hydrogen) atoms. The van der Waals surface area contributed by atoms with Crippen LogP contribution in [0.5, 0.6) is 0 Å². The van der Waals surface area contributed by atoms with E-state index in [4.69, 9.17) is 17.3 Å². The number of nitrogens with two attached hydrogens (primary N) is 1. The molecule has 0 radical (unpaired) electrons. The topological polar surface area (TPSA) is 75.4 Å². The molecular formula is C14H16ClN3O2. The third kappa shape index (κ3) is 4.26. The summed E-state index contributed by atoms with van der Waals surface area (Å²) < 4.78 is 0. The van der Waals surface area contributed by atoms with Gasteiger partial charge in [0.25, 0.3) is 5.91 Å². The van der Waals surface area contributed by atoms with E-state index in [0.29, 0.717) is 16.1 Å². The molecule has 0 heterocycles. The van der Waals surface area contributed by atoms with E-state index in [1.165, 1.54) is 18.0 Å². The third-order valence-electron chi connectivity index (χ3n) is 2.55. The summed E-state index contributed by atoms with van der Waals surface area (Å²) in [5, 5.41) is 2.84. The van der Waals surface area contributed by atoms with Crippen molar-refractivity contribution >= 4 is 23.4 Å². The van der Waals surface area contributed by atoms with Crippen molar-refractivity contribution in [3.63, 3.8) is 0 Å². The van der Waals surface area contributed by atoms with Crippen LogP contribution in [0.3, 0.4) is 0 Å². The standard InChI is InChI=1S/C14H16ClN3O2/c1-17-13(19)9-18(2)14(20)11-6-5-10(4-3-7-16)12(15)8-11/h5-6,8H,7,9,16H2,1-2H3,(H,17,19). The lowest BCUT2D eigenvalue weighted by molar-refractivity contribution is -0.121. The van der Waals surface area contributed by atoms with Gasteiger partial charge in [-0.15, -0.1) is 0 Å². The van der Waals surface area contributed by atoms with Gasteiger partial charge in [0.1, 0.15) is 0 Å². The average Bonchev–Trinajstić information content (AvgIpc) is 2.44. The quantitative estimate of drug-likeness (QED) is 0.796. The van der Waals surface area contributed by atoms with Crippen molar-refractivity contribution in [1.29, 1.82) is 0 Å². The van der Waals surface area contributed by atoms with Gasteiger partial charge in [0, 0.05) is 25.2 Å². The number of rotatable bonds is 3. The van der Waals surface area contributed by atoms with E-state index >= 15 is 0 Å². The predicted octanol–water partition coefficient (Wildman–Crippen LogP) is 0.468. The lowest BCUT2D eigenvalue weighted by Crippen LogP contribution is -2.36. The second kappa shape index (κ2) is 7.53. The fourth-order valence-corrected chi connectivity index (χ4v) is 1.71. The van der Waals surface area contributed by atoms with Crippen LogP contribution in [-0.4, -0.2) is 43.9 Å². The van der Waals surface area contributed by atoms with Crippen LogP contribution in [0, 0.1) is 11.8 Å². The molecule has 3 N–H and O–H groups in total. The molecule has 0 aliphatic rings. The van der Waals surface area contributed by atoms with Gasteiger partial charge >= 0.3 is 0 Å². The first kappa shape index (κ1) is 16.0. The molecule has 1 rings (SSSR count). The van der Waals surface area contributed by atoms with E-state index in [1.54, 1.807) is 19.2 Å². The number of halogens is 1. The number of likely N-dealkylation sites (N-methyl/N-ethyl adjacent to an activating group) is 2. The number of amides is 2. The van der Waals surface area contributed by atoms with Crippen molar-refractivity contribution in [2.24, 2.45) is 5.73 Å². The van der Waals surface area contributed by atoms with Crippen molar-refractivity contribution in [2.75, 3.05) is 27.2 Å². The summed E-state index contributed by atoms with van der Waals surface area (Å²) >= 11 is 6.05. The van der Waals surface area contributed by atoms with Gasteiger partial charge in [-0.2, -0.15) is 0 Å². The van der Waals surface area contributed by atoms with Crippen molar-refractivity contribution in [2.45, 2.75) is 0 Å². The van der Waals surface area contributed by atoms with Crippen LogP contribution in [0.4, 0.5) is 0 Å². The van der Waals surface area contributed by atoms with Crippen LogP contribution in [0.25, 0.3) is 0 Å². The number of hydrogen-bond acceptors (Lipinski definition) is 3. The summed E-state index contributed by atoms with van der Waals surface area (Å²) in [6.07, 6.45) is 0. The van der Waals surface area contributed by atoms with Gasteiger partial charge in [-0.1, -0.05) is 23.4 Å². The van der Waals surface area contributed by atoms with E-state index in [1.807, 2.05) is 0 Å². The van der Waals surface area contributed by atoms with Crippen molar-refractivity contribution in [3.05, 3.63) is 34.3 Å². The van der Waals surface area contributed by atoms with Crippen molar-refractivity contribution in [3.8, 4) is 11.8 Å². The van der Waals surface area contributed by atoms with E-state index in [0.717, 1.165) is 0 Å². The van der Waals surface area contributed by atoms with Crippen LogP contribution in [0.15, 0.2) is 18.2 Å². The fourth-order valence-electron chi connectivity index (χ4n) is 1.48. The Morgan fingerprint density at radius 2 is 2.15 bits per heavy atom. The fraction of sp³-hybridized carbons (Fsp3) is 0.286. The number of carbonyl (C=O) groups is 2. The molecule has 0 aliphatic heterocycles. The molecule has 0 fully saturated rings. The number of nitrogens with one attached hydrogen (secondary N) is 1. The molecule has 0 aliphatic carbocycles. The lowest BCUT2D eigenvalue weighted by Gasteiger charge is -2.16. The smallest absolute Gasteiger partial charge is 0.254 e. The average molecular weight is 294 g/mol. The highest BCUT2D eigenvalue weighted by atomic mass is 35.5. The Morgan fingerprint density at radius 1 is 1.45 bits per heavy atom. The summed E-state index contributed by atoms with van der Waals surface area (Å²) in [6, 6.07) is 4.81. The predicted molar refractivity (Wildman–Crippen MR) is 78.4 cm³/mol. The molecule has 0 bridgehead atoms. The highest BCUT2D eigenvalue weighted by molar-refractivity contribution is 6.32. The Bertz CT molecular complexity index is 576. The summed E-state index contributed by atoms with van der Waals surface area (Å²) in [5.74, 6) is 4.99. The molecule has 2 amide bonds. The van der Waals surface area contributed by atoms with Crippen LogP contribution in [0.2, 0.25) is 5.02 Å². The van der Waals surface area contributed by atoms with Gasteiger partial charge < -0.3 is 16.0 Å². The molecule has 0 saturated heterocycles. The summed E-state index contributed by atoms with van der Waals surface area (Å²) in [4.78, 5) is 24.7. The third-order valence-corrected chi connectivity index (χ3v) is 2.86. The van der Waals surface area contributed by atoms with Crippen molar-refractivity contribution < 1.29 is 9.59 Å². The molecule has 0 unspecified atom stereocenters. The zero-order valence-electron chi connectivity index (χ0n) is 11.4. The summed E-state index contributed by atoms with van der Waals surface area (Å²) in [7, 11) is 3.07. The maximum absolute atomic E-state index is 12.1. The van der Waals surface area contributed by atoms with E-state index in [-0.39, 0.29) is 24.9 Å².